The Morgan fingerprint density at radius 3 is 2.62 bits per heavy atom. The van der Waals surface area contributed by atoms with Gasteiger partial charge in [0.2, 0.25) is 0 Å². The van der Waals surface area contributed by atoms with Crippen LogP contribution in [-0.4, -0.2) is 28.9 Å². The zero-order valence-electron chi connectivity index (χ0n) is 8.23. The van der Waals surface area contributed by atoms with Crippen molar-refractivity contribution in [3.63, 3.8) is 0 Å². The molecule has 2 nitrogen and oxygen atoms in total. The van der Waals surface area contributed by atoms with Crippen molar-refractivity contribution in [1.29, 1.82) is 0 Å². The maximum Gasteiger partial charge on any atom is 0.0972 e. The smallest absolute Gasteiger partial charge is 0.0972 e. The molecular weight excluding hydrogens is 180 g/mol. The molecule has 1 aromatic rings. The maximum atomic E-state index is 4.26. The largest absolute Gasteiger partial charge is 0.294 e. The minimum atomic E-state index is 1.03. The van der Waals surface area contributed by atoms with E-state index in [0.29, 0.717) is 0 Å². The monoisotopic (exact) mass is 196 g/mol. The first-order valence-corrected chi connectivity index (χ1v) is 5.61. The van der Waals surface area contributed by atoms with Gasteiger partial charge in [0.05, 0.1) is 10.9 Å². The lowest BCUT2D eigenvalue weighted by atomic mass is 10.5. The van der Waals surface area contributed by atoms with Gasteiger partial charge in [-0.05, 0) is 25.2 Å². The lowest BCUT2D eigenvalue weighted by Gasteiger charge is -2.16. The van der Waals surface area contributed by atoms with E-state index in [4.69, 9.17) is 0 Å². The van der Waals surface area contributed by atoms with Gasteiger partial charge in [-0.1, -0.05) is 31.7 Å². The molecular formula is C10H16N2S. The van der Waals surface area contributed by atoms with Gasteiger partial charge in [0, 0.05) is 6.20 Å². The summed E-state index contributed by atoms with van der Waals surface area (Å²) < 4.78 is 0. The average molecular weight is 196 g/mol. The molecule has 0 saturated carbocycles. The number of thioether (sulfide) groups is 1. The lowest BCUT2D eigenvalue weighted by Crippen LogP contribution is -2.21. The van der Waals surface area contributed by atoms with Gasteiger partial charge in [0.1, 0.15) is 0 Å². The molecule has 0 radical (unpaired) electrons. The molecule has 72 valence electrons. The van der Waals surface area contributed by atoms with Gasteiger partial charge < -0.3 is 0 Å². The molecule has 0 saturated heterocycles. The van der Waals surface area contributed by atoms with E-state index in [-0.39, 0.29) is 0 Å². The maximum absolute atomic E-state index is 4.26. The van der Waals surface area contributed by atoms with E-state index in [1.807, 2.05) is 24.4 Å². The molecule has 0 spiro atoms. The Morgan fingerprint density at radius 2 is 2.08 bits per heavy atom. The van der Waals surface area contributed by atoms with Crippen LogP contribution in [0.5, 0.6) is 0 Å². The summed E-state index contributed by atoms with van der Waals surface area (Å²) in [6.45, 7) is 6.58. The number of nitrogens with zero attached hydrogens (tertiary/aromatic N) is 2. The summed E-state index contributed by atoms with van der Waals surface area (Å²) >= 11 is 1.79. The summed E-state index contributed by atoms with van der Waals surface area (Å²) in [5.41, 5.74) is 0. The van der Waals surface area contributed by atoms with Gasteiger partial charge in [-0.15, -0.1) is 0 Å². The third kappa shape index (κ3) is 3.79. The van der Waals surface area contributed by atoms with Crippen LogP contribution in [0.3, 0.4) is 0 Å². The van der Waals surface area contributed by atoms with Gasteiger partial charge in [-0.25, -0.2) is 4.98 Å². The van der Waals surface area contributed by atoms with Crippen molar-refractivity contribution in [2.24, 2.45) is 0 Å². The van der Waals surface area contributed by atoms with Crippen molar-refractivity contribution in [3.8, 4) is 0 Å². The van der Waals surface area contributed by atoms with Gasteiger partial charge in [-0.3, -0.25) is 4.90 Å². The summed E-state index contributed by atoms with van der Waals surface area (Å²) in [7, 11) is 0. The second-order valence-electron chi connectivity index (χ2n) is 2.74. The van der Waals surface area contributed by atoms with E-state index in [9.17, 15) is 0 Å². The number of rotatable bonds is 5. The molecule has 0 fully saturated rings. The fraction of sp³-hybridized carbons (Fsp3) is 0.500. The van der Waals surface area contributed by atoms with E-state index in [1.54, 1.807) is 11.8 Å². The Labute approximate surface area is 84.4 Å². The number of hydrogen-bond acceptors (Lipinski definition) is 3. The third-order valence-electron chi connectivity index (χ3n) is 1.93. The Hall–Kier alpha value is -0.540. The summed E-state index contributed by atoms with van der Waals surface area (Å²) in [6, 6.07) is 6.02. The van der Waals surface area contributed by atoms with Crippen molar-refractivity contribution >= 4 is 11.8 Å². The number of pyridine rings is 1. The molecule has 0 amide bonds. The molecule has 0 unspecified atom stereocenters. The van der Waals surface area contributed by atoms with Gasteiger partial charge >= 0.3 is 0 Å². The molecule has 0 N–H and O–H groups in total. The SMILES string of the molecule is CCN(CC)CSc1ccccn1. The first-order valence-electron chi connectivity index (χ1n) is 4.63. The molecule has 0 aliphatic carbocycles. The molecule has 0 aliphatic heterocycles. The van der Waals surface area contributed by atoms with Crippen molar-refractivity contribution in [2.45, 2.75) is 18.9 Å². The molecule has 13 heavy (non-hydrogen) atoms. The molecule has 0 atom stereocenters. The predicted molar refractivity (Wildman–Crippen MR) is 57.9 cm³/mol. The number of aromatic nitrogens is 1. The minimum Gasteiger partial charge on any atom is -0.294 e. The van der Waals surface area contributed by atoms with Crippen molar-refractivity contribution in [1.82, 2.24) is 9.88 Å². The Bertz CT molecular complexity index is 222. The first-order chi connectivity index (χ1) is 6.36. The van der Waals surface area contributed by atoms with Gasteiger partial charge in [0.15, 0.2) is 0 Å². The summed E-state index contributed by atoms with van der Waals surface area (Å²) in [6.07, 6.45) is 1.84. The first kappa shape index (κ1) is 10.5. The summed E-state index contributed by atoms with van der Waals surface area (Å²) in [5, 5.41) is 1.11. The van der Waals surface area contributed by atoms with Crippen LogP contribution in [0.4, 0.5) is 0 Å². The Balaban J connectivity index is 2.34. The molecule has 3 heteroatoms. The van der Waals surface area contributed by atoms with Gasteiger partial charge in [-0.2, -0.15) is 0 Å². The van der Waals surface area contributed by atoms with Crippen LogP contribution in [0.2, 0.25) is 0 Å². The van der Waals surface area contributed by atoms with Crippen molar-refractivity contribution < 1.29 is 0 Å². The molecule has 0 bridgehead atoms. The van der Waals surface area contributed by atoms with E-state index in [2.05, 4.69) is 23.7 Å². The lowest BCUT2D eigenvalue weighted by molar-refractivity contribution is 0.358. The second-order valence-corrected chi connectivity index (χ2v) is 3.71. The Morgan fingerprint density at radius 1 is 1.31 bits per heavy atom. The third-order valence-corrected chi connectivity index (χ3v) is 2.96. The Kier molecular flexibility index (Phi) is 4.86. The molecule has 1 aromatic heterocycles. The standard InChI is InChI=1S/C10H16N2S/c1-3-12(4-2)9-13-10-7-5-6-8-11-10/h5-8H,3-4,9H2,1-2H3. The van der Waals surface area contributed by atoms with E-state index in [0.717, 1.165) is 24.0 Å². The summed E-state index contributed by atoms with van der Waals surface area (Å²) in [5.74, 6) is 1.03. The van der Waals surface area contributed by atoms with Crippen molar-refractivity contribution in [3.05, 3.63) is 24.4 Å². The highest BCUT2D eigenvalue weighted by atomic mass is 32.2. The zero-order chi connectivity index (χ0) is 9.52. The highest BCUT2D eigenvalue weighted by molar-refractivity contribution is 7.99. The fourth-order valence-corrected chi connectivity index (χ4v) is 1.99. The van der Waals surface area contributed by atoms with Crippen LogP contribution >= 0.6 is 11.8 Å². The van der Waals surface area contributed by atoms with Gasteiger partial charge in [0.25, 0.3) is 0 Å². The second kappa shape index (κ2) is 6.00. The molecule has 0 aliphatic rings. The van der Waals surface area contributed by atoms with E-state index >= 15 is 0 Å². The van der Waals surface area contributed by atoms with Crippen LogP contribution in [-0.2, 0) is 0 Å². The molecule has 1 heterocycles. The fourth-order valence-electron chi connectivity index (χ4n) is 0.996. The summed E-state index contributed by atoms with van der Waals surface area (Å²) in [4.78, 5) is 6.63. The van der Waals surface area contributed by atoms with Crippen LogP contribution in [0.15, 0.2) is 29.4 Å². The zero-order valence-corrected chi connectivity index (χ0v) is 9.05. The topological polar surface area (TPSA) is 16.1 Å². The van der Waals surface area contributed by atoms with Crippen LogP contribution < -0.4 is 0 Å². The molecule has 1 rings (SSSR count). The highest BCUT2D eigenvalue weighted by Gasteiger charge is 1.99. The van der Waals surface area contributed by atoms with Crippen LogP contribution in [0, 0.1) is 0 Å². The predicted octanol–water partition coefficient (Wildman–Crippen LogP) is 2.47. The normalized spacial score (nSPS) is 10.7. The quantitative estimate of drug-likeness (QED) is 0.531. The average Bonchev–Trinajstić information content (AvgIpc) is 2.21. The van der Waals surface area contributed by atoms with Crippen molar-refractivity contribution in [2.75, 3.05) is 19.0 Å². The van der Waals surface area contributed by atoms with Crippen LogP contribution in [0.1, 0.15) is 13.8 Å². The number of hydrogen-bond donors (Lipinski definition) is 0. The minimum absolute atomic E-state index is 1.03. The highest BCUT2D eigenvalue weighted by Crippen LogP contribution is 2.14. The van der Waals surface area contributed by atoms with E-state index < -0.39 is 0 Å². The molecule has 0 aromatic carbocycles. The van der Waals surface area contributed by atoms with Crippen LogP contribution in [0.25, 0.3) is 0 Å². The van der Waals surface area contributed by atoms with E-state index in [1.165, 1.54) is 0 Å².